The van der Waals surface area contributed by atoms with E-state index in [1.807, 2.05) is 29.1 Å². The zero-order valence-electron chi connectivity index (χ0n) is 10.3. The SMILES string of the molecule is Cc1[nH]nc(C(=O)NCCn2cccc2)c1[N+](=O)[O-]. The molecule has 19 heavy (non-hydrogen) atoms. The van der Waals surface area contributed by atoms with Crippen LogP contribution >= 0.6 is 0 Å². The summed E-state index contributed by atoms with van der Waals surface area (Å²) in [4.78, 5) is 22.0. The summed E-state index contributed by atoms with van der Waals surface area (Å²) in [7, 11) is 0. The Hall–Kier alpha value is -2.64. The van der Waals surface area contributed by atoms with Gasteiger partial charge in [-0.2, -0.15) is 5.10 Å². The fraction of sp³-hybridized carbons (Fsp3) is 0.273. The number of carbonyl (C=O) groups is 1. The largest absolute Gasteiger partial charge is 0.353 e. The molecule has 2 aromatic heterocycles. The molecule has 1 amide bonds. The number of nitrogens with zero attached hydrogens (tertiary/aromatic N) is 3. The lowest BCUT2D eigenvalue weighted by Gasteiger charge is -2.04. The number of H-pyrrole nitrogens is 1. The van der Waals surface area contributed by atoms with Crippen LogP contribution in [-0.4, -0.2) is 32.1 Å². The Morgan fingerprint density at radius 2 is 2.21 bits per heavy atom. The highest BCUT2D eigenvalue weighted by atomic mass is 16.6. The van der Waals surface area contributed by atoms with Crippen molar-refractivity contribution in [3.63, 3.8) is 0 Å². The molecule has 0 bridgehead atoms. The smallest absolute Gasteiger partial charge is 0.322 e. The maximum atomic E-state index is 11.8. The molecule has 8 nitrogen and oxygen atoms in total. The molecule has 0 aliphatic heterocycles. The topological polar surface area (TPSA) is 106 Å². The van der Waals surface area contributed by atoms with Crippen molar-refractivity contribution in [2.24, 2.45) is 0 Å². The summed E-state index contributed by atoms with van der Waals surface area (Å²) in [5.74, 6) is -0.553. The summed E-state index contributed by atoms with van der Waals surface area (Å²) < 4.78 is 1.89. The van der Waals surface area contributed by atoms with Crippen LogP contribution in [0.15, 0.2) is 24.5 Å². The van der Waals surface area contributed by atoms with Gasteiger partial charge in [0.1, 0.15) is 5.69 Å². The van der Waals surface area contributed by atoms with Gasteiger partial charge in [-0.05, 0) is 19.1 Å². The fourth-order valence-corrected chi connectivity index (χ4v) is 1.71. The Morgan fingerprint density at radius 1 is 1.53 bits per heavy atom. The van der Waals surface area contributed by atoms with Gasteiger partial charge in [0.2, 0.25) is 5.69 Å². The normalized spacial score (nSPS) is 10.4. The van der Waals surface area contributed by atoms with E-state index in [4.69, 9.17) is 0 Å². The second kappa shape index (κ2) is 5.34. The van der Waals surface area contributed by atoms with E-state index in [0.717, 1.165) is 0 Å². The Morgan fingerprint density at radius 3 is 2.84 bits per heavy atom. The van der Waals surface area contributed by atoms with Crippen LogP contribution in [0.25, 0.3) is 0 Å². The monoisotopic (exact) mass is 263 g/mol. The second-order valence-electron chi connectivity index (χ2n) is 3.98. The Bertz CT molecular complexity index is 588. The van der Waals surface area contributed by atoms with Gasteiger partial charge in [-0.1, -0.05) is 0 Å². The summed E-state index contributed by atoms with van der Waals surface area (Å²) in [5.41, 5.74) is -0.200. The molecule has 100 valence electrons. The predicted octanol–water partition coefficient (Wildman–Crippen LogP) is 0.858. The third kappa shape index (κ3) is 2.79. The van der Waals surface area contributed by atoms with Crippen LogP contribution < -0.4 is 5.32 Å². The van der Waals surface area contributed by atoms with Crippen molar-refractivity contribution in [3.05, 3.63) is 46.0 Å². The van der Waals surface area contributed by atoms with Crippen molar-refractivity contribution in [3.8, 4) is 0 Å². The van der Waals surface area contributed by atoms with Gasteiger partial charge in [-0.3, -0.25) is 20.0 Å². The quantitative estimate of drug-likeness (QED) is 0.616. The van der Waals surface area contributed by atoms with Crippen LogP contribution in [-0.2, 0) is 6.54 Å². The minimum absolute atomic E-state index is 0.185. The van der Waals surface area contributed by atoms with Crippen LogP contribution in [0.3, 0.4) is 0 Å². The van der Waals surface area contributed by atoms with Gasteiger partial charge in [-0.15, -0.1) is 0 Å². The molecule has 0 radical (unpaired) electrons. The van der Waals surface area contributed by atoms with Crippen molar-refractivity contribution in [1.82, 2.24) is 20.1 Å². The zero-order chi connectivity index (χ0) is 13.8. The number of aromatic nitrogens is 3. The van der Waals surface area contributed by atoms with E-state index in [2.05, 4.69) is 15.5 Å². The van der Waals surface area contributed by atoms with Gasteiger partial charge in [0.25, 0.3) is 5.91 Å². The van der Waals surface area contributed by atoms with Gasteiger partial charge >= 0.3 is 5.69 Å². The van der Waals surface area contributed by atoms with Crippen LogP contribution in [0.1, 0.15) is 16.2 Å². The second-order valence-corrected chi connectivity index (χ2v) is 3.98. The Kier molecular flexibility index (Phi) is 3.60. The van der Waals surface area contributed by atoms with Gasteiger partial charge in [0.15, 0.2) is 0 Å². The number of carbonyl (C=O) groups excluding carboxylic acids is 1. The molecule has 0 aliphatic carbocycles. The summed E-state index contributed by atoms with van der Waals surface area (Å²) in [5, 5.41) is 19.5. The molecule has 2 N–H and O–H groups in total. The first-order valence-electron chi connectivity index (χ1n) is 5.68. The first kappa shape index (κ1) is 12.8. The number of nitro groups is 1. The molecule has 8 heteroatoms. The molecule has 2 aromatic rings. The van der Waals surface area contributed by atoms with Crippen LogP contribution in [0.5, 0.6) is 0 Å². The maximum absolute atomic E-state index is 11.8. The van der Waals surface area contributed by atoms with Gasteiger partial charge in [0.05, 0.1) is 4.92 Å². The van der Waals surface area contributed by atoms with Crippen molar-refractivity contribution in [1.29, 1.82) is 0 Å². The molecule has 0 atom stereocenters. The fourth-order valence-electron chi connectivity index (χ4n) is 1.71. The molecule has 0 aromatic carbocycles. The first-order valence-corrected chi connectivity index (χ1v) is 5.68. The molecule has 0 saturated carbocycles. The Balaban J connectivity index is 1.98. The van der Waals surface area contributed by atoms with Crippen LogP contribution in [0.4, 0.5) is 5.69 Å². The number of amides is 1. The molecular weight excluding hydrogens is 250 g/mol. The third-order valence-electron chi connectivity index (χ3n) is 2.63. The average molecular weight is 263 g/mol. The molecule has 0 aliphatic rings. The molecule has 0 saturated heterocycles. The lowest BCUT2D eigenvalue weighted by Crippen LogP contribution is -2.27. The van der Waals surface area contributed by atoms with E-state index < -0.39 is 10.8 Å². The van der Waals surface area contributed by atoms with E-state index in [9.17, 15) is 14.9 Å². The molecule has 2 heterocycles. The average Bonchev–Trinajstić information content (AvgIpc) is 2.97. The lowest BCUT2D eigenvalue weighted by atomic mass is 10.3. The summed E-state index contributed by atoms with van der Waals surface area (Å²) >= 11 is 0. The summed E-state index contributed by atoms with van der Waals surface area (Å²) in [6, 6.07) is 3.76. The first-order chi connectivity index (χ1) is 9.09. The van der Waals surface area contributed by atoms with E-state index in [1.165, 1.54) is 6.92 Å². The molecule has 0 spiro atoms. The van der Waals surface area contributed by atoms with Gasteiger partial charge in [0, 0.05) is 25.5 Å². The minimum atomic E-state index is -0.611. The number of nitrogens with one attached hydrogen (secondary N) is 2. The lowest BCUT2D eigenvalue weighted by molar-refractivity contribution is -0.385. The van der Waals surface area contributed by atoms with Crippen molar-refractivity contribution >= 4 is 11.6 Å². The minimum Gasteiger partial charge on any atom is -0.353 e. The standard InChI is InChI=1S/C11H13N5O3/c1-8-10(16(18)19)9(14-13-8)11(17)12-4-7-15-5-2-3-6-15/h2-3,5-6H,4,7H2,1H3,(H,12,17)(H,13,14). The number of hydrogen-bond donors (Lipinski definition) is 2. The highest BCUT2D eigenvalue weighted by Crippen LogP contribution is 2.19. The maximum Gasteiger partial charge on any atom is 0.322 e. The summed E-state index contributed by atoms with van der Waals surface area (Å²) in [6.45, 7) is 2.47. The highest BCUT2D eigenvalue weighted by Gasteiger charge is 2.26. The number of rotatable bonds is 5. The molecule has 0 unspecified atom stereocenters. The van der Waals surface area contributed by atoms with E-state index in [0.29, 0.717) is 13.1 Å². The van der Waals surface area contributed by atoms with Crippen molar-refractivity contribution < 1.29 is 9.72 Å². The van der Waals surface area contributed by atoms with E-state index >= 15 is 0 Å². The van der Waals surface area contributed by atoms with Gasteiger partial charge in [-0.25, -0.2) is 0 Å². The number of hydrogen-bond acceptors (Lipinski definition) is 4. The Labute approximate surface area is 108 Å². The van der Waals surface area contributed by atoms with E-state index in [-0.39, 0.29) is 17.1 Å². The van der Waals surface area contributed by atoms with Crippen LogP contribution in [0.2, 0.25) is 0 Å². The van der Waals surface area contributed by atoms with Gasteiger partial charge < -0.3 is 9.88 Å². The zero-order valence-corrected chi connectivity index (χ0v) is 10.3. The summed E-state index contributed by atoms with van der Waals surface area (Å²) in [6.07, 6.45) is 3.74. The number of aryl methyl sites for hydroxylation is 1. The number of aromatic amines is 1. The van der Waals surface area contributed by atoms with Crippen molar-refractivity contribution in [2.45, 2.75) is 13.5 Å². The predicted molar refractivity (Wildman–Crippen MR) is 66.7 cm³/mol. The molecule has 2 rings (SSSR count). The van der Waals surface area contributed by atoms with Crippen molar-refractivity contribution in [2.75, 3.05) is 6.54 Å². The van der Waals surface area contributed by atoms with E-state index in [1.54, 1.807) is 0 Å². The third-order valence-corrected chi connectivity index (χ3v) is 2.63. The highest BCUT2D eigenvalue weighted by molar-refractivity contribution is 5.96. The molecular formula is C11H13N5O3. The molecule has 0 fully saturated rings. The van der Waals surface area contributed by atoms with Crippen LogP contribution in [0, 0.1) is 17.0 Å².